The Labute approximate surface area is 146 Å². The second kappa shape index (κ2) is 18.0. The van der Waals surface area contributed by atoms with Crippen molar-refractivity contribution >= 4 is 5.97 Å². The van der Waals surface area contributed by atoms with E-state index in [1.807, 2.05) is 6.92 Å². The first-order valence-electron chi connectivity index (χ1n) is 9.06. The number of hydrogen-bond acceptors (Lipinski definition) is 4. The largest absolute Gasteiger partial charge is 0.463 e. The summed E-state index contributed by atoms with van der Waals surface area (Å²) in [4.78, 5) is 11.3. The van der Waals surface area contributed by atoms with Crippen LogP contribution in [-0.2, 0) is 9.53 Å². The molecule has 0 heterocycles. The van der Waals surface area contributed by atoms with Crippen LogP contribution in [-0.4, -0.2) is 35.5 Å². The van der Waals surface area contributed by atoms with Crippen LogP contribution < -0.4 is 0 Å². The lowest BCUT2D eigenvalue weighted by atomic mass is 10.1. The zero-order valence-corrected chi connectivity index (χ0v) is 15.0. The number of carbonyl (C=O) groups is 1. The van der Waals surface area contributed by atoms with E-state index in [2.05, 4.69) is 36.5 Å². The Morgan fingerprint density at radius 1 is 0.958 bits per heavy atom. The molecule has 0 spiro atoms. The molecule has 0 aromatic heterocycles. The van der Waals surface area contributed by atoms with Crippen molar-refractivity contribution in [1.82, 2.24) is 0 Å². The molecule has 0 radical (unpaired) electrons. The van der Waals surface area contributed by atoms with Crippen LogP contribution in [0.15, 0.2) is 36.5 Å². The molecule has 0 aliphatic heterocycles. The van der Waals surface area contributed by atoms with Gasteiger partial charge in [0.05, 0.1) is 6.61 Å². The second-order valence-corrected chi connectivity index (χ2v) is 5.81. The number of ether oxygens (including phenoxy) is 1. The lowest BCUT2D eigenvalue weighted by Gasteiger charge is -2.08. The summed E-state index contributed by atoms with van der Waals surface area (Å²) in [5.41, 5.74) is 0. The molecule has 0 rings (SSSR count). The lowest BCUT2D eigenvalue weighted by Crippen LogP contribution is -2.21. The third-order valence-corrected chi connectivity index (χ3v) is 3.51. The molecule has 0 aromatic carbocycles. The van der Waals surface area contributed by atoms with Crippen LogP contribution in [0.4, 0.5) is 0 Å². The molecule has 2 N–H and O–H groups in total. The van der Waals surface area contributed by atoms with Crippen LogP contribution in [0.3, 0.4) is 0 Å². The lowest BCUT2D eigenvalue weighted by molar-refractivity contribution is -0.147. The Balaban J connectivity index is 3.33. The Bertz CT molecular complexity index is 372. The minimum Gasteiger partial charge on any atom is -0.463 e. The normalized spacial score (nSPS) is 13.3. The highest BCUT2D eigenvalue weighted by Crippen LogP contribution is 2.08. The molecule has 0 saturated heterocycles. The summed E-state index contributed by atoms with van der Waals surface area (Å²) in [6.07, 6.45) is 20.9. The Morgan fingerprint density at radius 2 is 1.58 bits per heavy atom. The summed E-state index contributed by atoms with van der Waals surface area (Å²) in [7, 11) is 0. The number of unbranched alkanes of at least 4 members (excludes halogenated alkanes) is 5. The molecule has 1 unspecified atom stereocenters. The van der Waals surface area contributed by atoms with Crippen molar-refractivity contribution < 1.29 is 19.7 Å². The SMILES string of the molecule is C/C=C\C/C=C\C/C=C\CCCCCCCC(=O)OCC(O)CO. The van der Waals surface area contributed by atoms with Gasteiger partial charge in [-0.05, 0) is 39.0 Å². The molecule has 1 atom stereocenters. The highest BCUT2D eigenvalue weighted by atomic mass is 16.5. The van der Waals surface area contributed by atoms with E-state index in [-0.39, 0.29) is 19.2 Å². The van der Waals surface area contributed by atoms with Crippen molar-refractivity contribution in [2.45, 2.75) is 70.8 Å². The fourth-order valence-electron chi connectivity index (χ4n) is 2.08. The first-order valence-corrected chi connectivity index (χ1v) is 9.06. The van der Waals surface area contributed by atoms with E-state index in [0.717, 1.165) is 38.5 Å². The van der Waals surface area contributed by atoms with E-state index in [1.54, 1.807) is 0 Å². The van der Waals surface area contributed by atoms with Gasteiger partial charge in [-0.25, -0.2) is 0 Å². The van der Waals surface area contributed by atoms with Gasteiger partial charge in [-0.15, -0.1) is 0 Å². The maximum Gasteiger partial charge on any atom is 0.305 e. The topological polar surface area (TPSA) is 66.8 Å². The van der Waals surface area contributed by atoms with E-state index in [9.17, 15) is 4.79 Å². The van der Waals surface area contributed by atoms with Crippen LogP contribution >= 0.6 is 0 Å². The highest BCUT2D eigenvalue weighted by Gasteiger charge is 2.07. The van der Waals surface area contributed by atoms with Crippen molar-refractivity contribution in [2.24, 2.45) is 0 Å². The van der Waals surface area contributed by atoms with Gasteiger partial charge in [-0.2, -0.15) is 0 Å². The first-order chi connectivity index (χ1) is 11.7. The molecule has 0 aromatic rings. The van der Waals surface area contributed by atoms with Gasteiger partial charge >= 0.3 is 5.97 Å². The van der Waals surface area contributed by atoms with Gasteiger partial charge in [0.1, 0.15) is 12.7 Å². The van der Waals surface area contributed by atoms with Gasteiger partial charge in [0, 0.05) is 6.42 Å². The zero-order chi connectivity index (χ0) is 17.9. The van der Waals surface area contributed by atoms with Gasteiger partial charge in [-0.3, -0.25) is 4.79 Å². The summed E-state index contributed by atoms with van der Waals surface area (Å²) in [5.74, 6) is -0.298. The number of aliphatic hydroxyl groups is 2. The molecule has 4 nitrogen and oxygen atoms in total. The smallest absolute Gasteiger partial charge is 0.305 e. The van der Waals surface area contributed by atoms with E-state index in [0.29, 0.717) is 6.42 Å². The molecular formula is C20H34O4. The highest BCUT2D eigenvalue weighted by molar-refractivity contribution is 5.69. The number of carbonyl (C=O) groups excluding carboxylic acids is 1. The quantitative estimate of drug-likeness (QED) is 0.268. The van der Waals surface area contributed by atoms with E-state index in [1.165, 1.54) is 12.8 Å². The first kappa shape index (κ1) is 22.6. The van der Waals surface area contributed by atoms with Crippen LogP contribution in [0, 0.1) is 0 Å². The Kier molecular flexibility index (Phi) is 16.9. The summed E-state index contributed by atoms with van der Waals surface area (Å²) < 4.78 is 4.84. The summed E-state index contributed by atoms with van der Waals surface area (Å²) >= 11 is 0. The number of aliphatic hydroxyl groups excluding tert-OH is 2. The maximum atomic E-state index is 11.3. The van der Waals surface area contributed by atoms with Crippen LogP contribution in [0.5, 0.6) is 0 Å². The third kappa shape index (κ3) is 17.0. The number of rotatable bonds is 15. The summed E-state index contributed by atoms with van der Waals surface area (Å²) in [6.45, 7) is 1.53. The summed E-state index contributed by atoms with van der Waals surface area (Å²) in [6, 6.07) is 0. The number of esters is 1. The van der Waals surface area contributed by atoms with E-state index in [4.69, 9.17) is 14.9 Å². The minimum absolute atomic E-state index is 0.119. The second-order valence-electron chi connectivity index (χ2n) is 5.81. The molecule has 0 aliphatic rings. The zero-order valence-electron chi connectivity index (χ0n) is 15.0. The van der Waals surface area contributed by atoms with Gasteiger partial charge in [-0.1, -0.05) is 55.7 Å². The van der Waals surface area contributed by atoms with Crippen LogP contribution in [0.25, 0.3) is 0 Å². The van der Waals surface area contributed by atoms with Gasteiger partial charge in [0.25, 0.3) is 0 Å². The van der Waals surface area contributed by atoms with Crippen LogP contribution in [0.1, 0.15) is 64.7 Å². The van der Waals surface area contributed by atoms with Crippen molar-refractivity contribution in [3.05, 3.63) is 36.5 Å². The average molecular weight is 338 g/mol. The molecule has 0 saturated carbocycles. The average Bonchev–Trinajstić information content (AvgIpc) is 2.59. The molecule has 4 heteroatoms. The molecule has 138 valence electrons. The molecule has 24 heavy (non-hydrogen) atoms. The molecule has 0 fully saturated rings. The Morgan fingerprint density at radius 3 is 2.29 bits per heavy atom. The fourth-order valence-corrected chi connectivity index (χ4v) is 2.08. The Hall–Kier alpha value is -1.39. The maximum absolute atomic E-state index is 11.3. The molecule has 0 amide bonds. The van der Waals surface area contributed by atoms with Crippen molar-refractivity contribution in [3.8, 4) is 0 Å². The fraction of sp³-hybridized carbons (Fsp3) is 0.650. The van der Waals surface area contributed by atoms with Crippen molar-refractivity contribution in [2.75, 3.05) is 13.2 Å². The molecular weight excluding hydrogens is 304 g/mol. The molecule has 0 aliphatic carbocycles. The predicted molar refractivity (Wildman–Crippen MR) is 98.7 cm³/mol. The van der Waals surface area contributed by atoms with Gasteiger partial charge in [0.2, 0.25) is 0 Å². The van der Waals surface area contributed by atoms with E-state index < -0.39 is 6.10 Å². The van der Waals surface area contributed by atoms with Crippen molar-refractivity contribution in [1.29, 1.82) is 0 Å². The number of allylic oxidation sites excluding steroid dienone is 6. The van der Waals surface area contributed by atoms with Gasteiger partial charge in [0.15, 0.2) is 0 Å². The number of hydrogen-bond donors (Lipinski definition) is 2. The molecule has 0 bridgehead atoms. The monoisotopic (exact) mass is 338 g/mol. The standard InChI is InChI=1S/C20H34O4/c1-2-3-4-5-6-7-8-9-10-11-12-13-14-15-16-20(23)24-18-19(22)17-21/h2-3,5-6,8-9,19,21-22H,4,7,10-18H2,1H3/b3-2-,6-5-,9-8-. The van der Waals surface area contributed by atoms with Crippen LogP contribution in [0.2, 0.25) is 0 Å². The summed E-state index contributed by atoms with van der Waals surface area (Å²) in [5, 5.41) is 17.7. The minimum atomic E-state index is -0.967. The predicted octanol–water partition coefficient (Wildman–Crippen LogP) is 4.08. The van der Waals surface area contributed by atoms with Gasteiger partial charge < -0.3 is 14.9 Å². The third-order valence-electron chi connectivity index (χ3n) is 3.51. The van der Waals surface area contributed by atoms with E-state index >= 15 is 0 Å². The van der Waals surface area contributed by atoms with Crippen molar-refractivity contribution in [3.63, 3.8) is 0 Å².